The fourth-order valence-electron chi connectivity index (χ4n) is 2.49. The minimum atomic E-state index is -3.54. The van der Waals surface area contributed by atoms with E-state index in [0.29, 0.717) is 19.0 Å². The third-order valence-corrected chi connectivity index (χ3v) is 5.97. The van der Waals surface area contributed by atoms with Crippen LogP contribution in [0, 0.1) is 11.7 Å². The van der Waals surface area contributed by atoms with Gasteiger partial charge in [0.1, 0.15) is 5.82 Å². The minimum absolute atomic E-state index is 0.135. The number of piperidine rings is 1. The first-order valence-electron chi connectivity index (χ1n) is 6.55. The maximum absolute atomic E-state index is 13.2. The Hall–Kier alpha value is -0.500. The average molecular weight is 365 g/mol. The fourth-order valence-corrected chi connectivity index (χ4v) is 4.60. The van der Waals surface area contributed by atoms with Crippen molar-refractivity contribution in [2.24, 2.45) is 5.92 Å². The average Bonchev–Trinajstić information content (AvgIpc) is 2.42. The summed E-state index contributed by atoms with van der Waals surface area (Å²) in [4.78, 5) is 0.135. The van der Waals surface area contributed by atoms with E-state index in [1.165, 1.54) is 22.5 Å². The zero-order valence-corrected chi connectivity index (χ0v) is 13.7. The molecule has 1 heterocycles. The van der Waals surface area contributed by atoms with Crippen molar-refractivity contribution in [2.75, 3.05) is 26.7 Å². The molecule has 20 heavy (non-hydrogen) atoms. The van der Waals surface area contributed by atoms with Crippen molar-refractivity contribution in [1.29, 1.82) is 0 Å². The molecule has 1 atom stereocenters. The molecule has 4 nitrogen and oxygen atoms in total. The highest BCUT2D eigenvalue weighted by molar-refractivity contribution is 9.10. The molecule has 0 bridgehead atoms. The van der Waals surface area contributed by atoms with Gasteiger partial charge in [0.25, 0.3) is 0 Å². The van der Waals surface area contributed by atoms with E-state index in [2.05, 4.69) is 21.2 Å². The molecule has 1 N–H and O–H groups in total. The Kier molecular flexibility index (Phi) is 5.17. The predicted molar refractivity (Wildman–Crippen MR) is 79.5 cm³/mol. The molecule has 1 aromatic carbocycles. The van der Waals surface area contributed by atoms with Crippen LogP contribution in [-0.2, 0) is 10.0 Å². The Morgan fingerprint density at radius 3 is 2.90 bits per heavy atom. The molecule has 0 unspecified atom stereocenters. The molecule has 7 heteroatoms. The second-order valence-corrected chi connectivity index (χ2v) is 7.80. The van der Waals surface area contributed by atoms with E-state index in [-0.39, 0.29) is 9.37 Å². The molecule has 0 spiro atoms. The van der Waals surface area contributed by atoms with Gasteiger partial charge in [-0.25, -0.2) is 12.8 Å². The largest absolute Gasteiger partial charge is 0.319 e. The number of nitrogens with zero attached hydrogens (tertiary/aromatic N) is 1. The van der Waals surface area contributed by atoms with Crippen LogP contribution in [0.25, 0.3) is 0 Å². The molecule has 1 aliphatic heterocycles. The molecule has 1 aromatic rings. The molecule has 1 fully saturated rings. The molecule has 1 aliphatic rings. The summed E-state index contributed by atoms with van der Waals surface area (Å²) in [6.45, 7) is 1.84. The highest BCUT2D eigenvalue weighted by Crippen LogP contribution is 2.26. The summed E-state index contributed by atoms with van der Waals surface area (Å²) in [5.41, 5.74) is 0. The number of hydrogen-bond acceptors (Lipinski definition) is 3. The van der Waals surface area contributed by atoms with Gasteiger partial charge in [-0.05, 0) is 66.5 Å². The van der Waals surface area contributed by atoms with Crippen LogP contribution in [0.5, 0.6) is 0 Å². The molecule has 0 saturated carbocycles. The minimum Gasteiger partial charge on any atom is -0.319 e. The molecule has 112 valence electrons. The van der Waals surface area contributed by atoms with Crippen molar-refractivity contribution in [1.82, 2.24) is 9.62 Å². The van der Waals surface area contributed by atoms with Gasteiger partial charge in [-0.15, -0.1) is 0 Å². The highest BCUT2D eigenvalue weighted by Gasteiger charge is 2.30. The molecule has 0 aromatic heterocycles. The molecular weight excluding hydrogens is 347 g/mol. The number of nitrogens with one attached hydrogen (secondary N) is 1. The number of rotatable bonds is 4. The van der Waals surface area contributed by atoms with E-state index in [9.17, 15) is 12.8 Å². The van der Waals surface area contributed by atoms with E-state index < -0.39 is 15.8 Å². The van der Waals surface area contributed by atoms with Gasteiger partial charge in [0.15, 0.2) is 0 Å². The Morgan fingerprint density at radius 2 is 2.25 bits per heavy atom. The summed E-state index contributed by atoms with van der Waals surface area (Å²) in [5, 5.41) is 3.09. The van der Waals surface area contributed by atoms with Crippen LogP contribution in [0.15, 0.2) is 27.6 Å². The number of halogens is 2. The van der Waals surface area contributed by atoms with E-state index in [4.69, 9.17) is 0 Å². The van der Waals surface area contributed by atoms with Crippen LogP contribution in [0.1, 0.15) is 12.8 Å². The second kappa shape index (κ2) is 6.51. The highest BCUT2D eigenvalue weighted by atomic mass is 79.9. The van der Waals surface area contributed by atoms with Gasteiger partial charge in [0.05, 0.1) is 9.37 Å². The Balaban J connectivity index is 2.23. The number of benzene rings is 1. The summed E-state index contributed by atoms with van der Waals surface area (Å²) >= 11 is 3.03. The van der Waals surface area contributed by atoms with Crippen molar-refractivity contribution in [3.63, 3.8) is 0 Å². The van der Waals surface area contributed by atoms with Gasteiger partial charge in [-0.2, -0.15) is 4.31 Å². The molecule has 2 rings (SSSR count). The van der Waals surface area contributed by atoms with Gasteiger partial charge < -0.3 is 5.32 Å². The zero-order valence-electron chi connectivity index (χ0n) is 11.3. The smallest absolute Gasteiger partial charge is 0.243 e. The first kappa shape index (κ1) is 15.9. The summed E-state index contributed by atoms with van der Waals surface area (Å²) in [5.74, 6) is -0.136. The molecule has 0 aliphatic carbocycles. The predicted octanol–water partition coefficient (Wildman–Crippen LogP) is 2.21. The van der Waals surface area contributed by atoms with Crippen LogP contribution in [0.3, 0.4) is 0 Å². The monoisotopic (exact) mass is 364 g/mol. The Labute approximate surface area is 127 Å². The normalized spacial score (nSPS) is 21.1. The van der Waals surface area contributed by atoms with Crippen molar-refractivity contribution in [2.45, 2.75) is 17.7 Å². The maximum atomic E-state index is 13.2. The van der Waals surface area contributed by atoms with Gasteiger partial charge in [0, 0.05) is 13.1 Å². The third-order valence-electron chi connectivity index (χ3n) is 3.50. The van der Waals surface area contributed by atoms with E-state index in [1.807, 2.05) is 7.05 Å². The van der Waals surface area contributed by atoms with Crippen LogP contribution < -0.4 is 5.32 Å². The van der Waals surface area contributed by atoms with Gasteiger partial charge in [-0.3, -0.25) is 0 Å². The number of hydrogen-bond donors (Lipinski definition) is 1. The summed E-state index contributed by atoms with van der Waals surface area (Å²) in [6, 6.07) is 3.81. The van der Waals surface area contributed by atoms with E-state index in [1.54, 1.807) is 0 Å². The van der Waals surface area contributed by atoms with Crippen LogP contribution in [0.4, 0.5) is 4.39 Å². The lowest BCUT2D eigenvalue weighted by molar-refractivity contribution is 0.263. The molecular formula is C13H18BrFN2O2S. The van der Waals surface area contributed by atoms with Crippen molar-refractivity contribution < 1.29 is 12.8 Å². The summed E-state index contributed by atoms with van der Waals surface area (Å²) < 4.78 is 40.0. The third kappa shape index (κ3) is 3.39. The zero-order chi connectivity index (χ0) is 14.8. The topological polar surface area (TPSA) is 49.4 Å². The first-order chi connectivity index (χ1) is 9.45. The number of sulfonamides is 1. The summed E-state index contributed by atoms with van der Waals surface area (Å²) in [7, 11) is -1.68. The summed E-state index contributed by atoms with van der Waals surface area (Å²) in [6.07, 6.45) is 1.88. The quantitative estimate of drug-likeness (QED) is 0.890. The molecule has 0 amide bonds. The fraction of sp³-hybridized carbons (Fsp3) is 0.538. The molecule has 1 saturated heterocycles. The van der Waals surface area contributed by atoms with Crippen LogP contribution >= 0.6 is 15.9 Å². The maximum Gasteiger partial charge on any atom is 0.243 e. The SMILES string of the molecule is CNC[C@H]1CCCN(S(=O)(=O)c2ccc(F)c(Br)c2)C1. The van der Waals surface area contributed by atoms with Crippen molar-refractivity contribution in [3.8, 4) is 0 Å². The van der Waals surface area contributed by atoms with Crippen molar-refractivity contribution in [3.05, 3.63) is 28.5 Å². The van der Waals surface area contributed by atoms with Gasteiger partial charge in [0.2, 0.25) is 10.0 Å². The second-order valence-electron chi connectivity index (χ2n) is 5.00. The Bertz CT molecular complexity index is 578. The standard InChI is InChI=1S/C13H18BrFN2O2S/c1-16-8-10-3-2-6-17(9-10)20(18,19)11-4-5-13(15)12(14)7-11/h4-5,7,10,16H,2-3,6,8-9H2,1H3/t10-/m1/s1. The van der Waals surface area contributed by atoms with Crippen molar-refractivity contribution >= 4 is 26.0 Å². The first-order valence-corrected chi connectivity index (χ1v) is 8.78. The van der Waals surface area contributed by atoms with Crippen LogP contribution in [-0.4, -0.2) is 39.4 Å². The van der Waals surface area contributed by atoms with Gasteiger partial charge in [-0.1, -0.05) is 0 Å². The van der Waals surface area contributed by atoms with E-state index >= 15 is 0 Å². The molecule has 0 radical (unpaired) electrons. The lowest BCUT2D eigenvalue weighted by Crippen LogP contribution is -2.42. The Morgan fingerprint density at radius 1 is 1.50 bits per heavy atom. The lowest BCUT2D eigenvalue weighted by atomic mass is 10.00. The van der Waals surface area contributed by atoms with Crippen LogP contribution in [0.2, 0.25) is 0 Å². The lowest BCUT2D eigenvalue weighted by Gasteiger charge is -2.31. The van der Waals surface area contributed by atoms with Gasteiger partial charge >= 0.3 is 0 Å². The van der Waals surface area contributed by atoms with E-state index in [0.717, 1.165) is 19.4 Å².